The van der Waals surface area contributed by atoms with Crippen molar-refractivity contribution in [3.63, 3.8) is 0 Å². The van der Waals surface area contributed by atoms with Crippen molar-refractivity contribution in [3.05, 3.63) is 82.7 Å². The Kier molecular flexibility index (Phi) is 7.62. The van der Waals surface area contributed by atoms with Gasteiger partial charge in [0.2, 0.25) is 0 Å². The van der Waals surface area contributed by atoms with Gasteiger partial charge < -0.3 is 14.8 Å². The molecule has 0 spiro atoms. The molecule has 4 aromatic rings. The maximum atomic E-state index is 13.6. The molecule has 0 saturated heterocycles. The van der Waals surface area contributed by atoms with Crippen LogP contribution in [0.25, 0.3) is 22.4 Å². The molecule has 0 aliphatic carbocycles. The second-order valence-electron chi connectivity index (χ2n) is 8.77. The van der Waals surface area contributed by atoms with Gasteiger partial charge in [-0.1, -0.05) is 19.9 Å². The van der Waals surface area contributed by atoms with Gasteiger partial charge in [-0.3, -0.25) is 0 Å². The Morgan fingerprint density at radius 2 is 1.81 bits per heavy atom. The summed E-state index contributed by atoms with van der Waals surface area (Å²) in [6.45, 7) is 3.22. The van der Waals surface area contributed by atoms with E-state index < -0.39 is 29.6 Å². The molecule has 0 saturated carbocycles. The van der Waals surface area contributed by atoms with E-state index in [2.05, 4.69) is 9.97 Å². The number of benzene rings is 3. The second kappa shape index (κ2) is 10.2. The van der Waals surface area contributed by atoms with Crippen LogP contribution in [0.5, 0.6) is 5.75 Å². The molecule has 36 heavy (non-hydrogen) atoms. The van der Waals surface area contributed by atoms with Crippen LogP contribution < -0.4 is 4.74 Å². The first-order chi connectivity index (χ1) is 16.5. The molecule has 0 aliphatic heterocycles. The number of nitrogens with zero attached hydrogens (tertiary/aromatic N) is 2. The number of aromatic nitrogens is 2. The van der Waals surface area contributed by atoms with Crippen LogP contribution in [0.4, 0.5) is 17.6 Å². The summed E-state index contributed by atoms with van der Waals surface area (Å²) in [4.78, 5) is 7.74. The lowest BCUT2D eigenvalue weighted by molar-refractivity contribution is -0.138. The van der Waals surface area contributed by atoms with Gasteiger partial charge in [0, 0.05) is 16.5 Å². The zero-order valence-electron chi connectivity index (χ0n) is 19.3. The molecule has 0 unspecified atom stereocenters. The average Bonchev–Trinajstić information content (AvgIpc) is 3.25. The van der Waals surface area contributed by atoms with Crippen LogP contribution in [-0.4, -0.2) is 21.7 Å². The van der Waals surface area contributed by atoms with Gasteiger partial charge in [0.1, 0.15) is 30.1 Å². The average molecular weight is 520 g/mol. The molecule has 1 heterocycles. The lowest BCUT2D eigenvalue weighted by Crippen LogP contribution is -2.21. The number of nitriles is 1. The number of H-pyrrole nitrogens is 1. The third-order valence-electron chi connectivity index (χ3n) is 5.79. The van der Waals surface area contributed by atoms with Crippen molar-refractivity contribution in [2.75, 3.05) is 6.61 Å². The smallest absolute Gasteiger partial charge is 0.416 e. The molecule has 188 valence electrons. The molecule has 5 nitrogen and oxygen atoms in total. The number of ether oxygens (including phenoxy) is 1. The number of rotatable bonds is 6. The molecule has 0 amide bonds. The van der Waals surface area contributed by atoms with Gasteiger partial charge in [-0.2, -0.15) is 18.4 Å². The minimum Gasteiger partial charge on any atom is -0.487 e. The van der Waals surface area contributed by atoms with Gasteiger partial charge in [-0.25, -0.2) is 9.37 Å². The quantitative estimate of drug-likeness (QED) is 0.284. The normalized spacial score (nSPS) is 11.7. The first kappa shape index (κ1) is 27.0. The van der Waals surface area contributed by atoms with Crippen LogP contribution in [0.15, 0.2) is 54.6 Å². The number of fused-ring (bicyclic) bond motifs is 1. The fourth-order valence-corrected chi connectivity index (χ4v) is 3.65. The highest BCUT2D eigenvalue weighted by atomic mass is 35.5. The van der Waals surface area contributed by atoms with Crippen LogP contribution >= 0.6 is 12.4 Å². The van der Waals surface area contributed by atoms with Crippen LogP contribution in [0, 0.1) is 17.1 Å². The summed E-state index contributed by atoms with van der Waals surface area (Å²) >= 11 is 0. The summed E-state index contributed by atoms with van der Waals surface area (Å²) in [5, 5.41) is 19.1. The Labute approximate surface area is 210 Å². The van der Waals surface area contributed by atoms with E-state index in [1.165, 1.54) is 12.1 Å². The Morgan fingerprint density at radius 3 is 2.47 bits per heavy atom. The third kappa shape index (κ3) is 5.45. The van der Waals surface area contributed by atoms with Crippen LogP contribution in [0.3, 0.4) is 0 Å². The lowest BCUT2D eigenvalue weighted by Gasteiger charge is -2.21. The largest absolute Gasteiger partial charge is 0.487 e. The second-order valence-corrected chi connectivity index (χ2v) is 8.77. The Morgan fingerprint density at radius 1 is 1.06 bits per heavy atom. The van der Waals surface area contributed by atoms with Gasteiger partial charge in [0.25, 0.3) is 0 Å². The molecular formula is C26H22ClF4N3O2. The van der Waals surface area contributed by atoms with E-state index >= 15 is 0 Å². The van der Waals surface area contributed by atoms with E-state index in [4.69, 9.17) is 4.74 Å². The summed E-state index contributed by atoms with van der Waals surface area (Å²) < 4.78 is 59.1. The molecule has 0 bridgehead atoms. The lowest BCUT2D eigenvalue weighted by atomic mass is 9.85. The zero-order valence-corrected chi connectivity index (χ0v) is 20.1. The number of imidazole rings is 1. The number of alkyl halides is 3. The standard InChI is InChI=1S/C26H21F4N3O2.ClH/c1-25(2,14-34)18-5-8-21-22(11-18)33-24(32-21)15-3-4-16(12-31)23(10-15)35-13-17-9-19(27)6-7-20(17)26(28,29)30;/h3-11,34H,13-14H2,1-2H3,(H,32,33);1H. The van der Waals surface area contributed by atoms with Crippen molar-refractivity contribution >= 4 is 23.4 Å². The van der Waals surface area contributed by atoms with Gasteiger partial charge >= 0.3 is 6.18 Å². The fraction of sp³-hybridized carbons (Fsp3) is 0.231. The highest BCUT2D eigenvalue weighted by molar-refractivity contribution is 5.85. The third-order valence-corrected chi connectivity index (χ3v) is 5.79. The van der Waals surface area contributed by atoms with Gasteiger partial charge in [0.15, 0.2) is 0 Å². The van der Waals surface area contributed by atoms with Crippen molar-refractivity contribution in [1.82, 2.24) is 9.97 Å². The van der Waals surface area contributed by atoms with E-state index in [-0.39, 0.29) is 35.9 Å². The summed E-state index contributed by atoms with van der Waals surface area (Å²) in [5.41, 5.74) is 1.17. The molecule has 4 rings (SSSR count). The van der Waals surface area contributed by atoms with Crippen molar-refractivity contribution < 1.29 is 27.4 Å². The maximum Gasteiger partial charge on any atom is 0.416 e. The number of aromatic amines is 1. The van der Waals surface area contributed by atoms with Crippen molar-refractivity contribution in [2.24, 2.45) is 0 Å². The van der Waals surface area contributed by atoms with Gasteiger partial charge in [-0.15, -0.1) is 12.4 Å². The first-order valence-corrected chi connectivity index (χ1v) is 10.7. The monoisotopic (exact) mass is 519 g/mol. The molecule has 0 fully saturated rings. The Bertz CT molecular complexity index is 1440. The van der Waals surface area contributed by atoms with Crippen LogP contribution in [0.2, 0.25) is 0 Å². The number of hydrogen-bond donors (Lipinski definition) is 2. The van der Waals surface area contributed by atoms with E-state index in [0.29, 0.717) is 23.0 Å². The van der Waals surface area contributed by atoms with Gasteiger partial charge in [-0.05, 0) is 54.1 Å². The highest BCUT2D eigenvalue weighted by Gasteiger charge is 2.33. The number of aliphatic hydroxyl groups excluding tert-OH is 1. The highest BCUT2D eigenvalue weighted by Crippen LogP contribution is 2.34. The fourth-order valence-electron chi connectivity index (χ4n) is 3.65. The minimum absolute atomic E-state index is 0. The molecule has 10 heteroatoms. The molecule has 2 N–H and O–H groups in total. The summed E-state index contributed by atoms with van der Waals surface area (Å²) in [6.07, 6.45) is -4.68. The Balaban J connectivity index is 0.00000361. The first-order valence-electron chi connectivity index (χ1n) is 10.7. The van der Waals surface area contributed by atoms with Crippen molar-refractivity contribution in [3.8, 4) is 23.2 Å². The summed E-state index contributed by atoms with van der Waals surface area (Å²) in [7, 11) is 0. The van der Waals surface area contributed by atoms with Crippen LogP contribution in [-0.2, 0) is 18.2 Å². The SMILES string of the molecule is CC(C)(CO)c1ccc2nc(-c3ccc(C#N)c(OCc4cc(F)ccc4C(F)(F)F)c3)[nH]c2c1.Cl. The number of hydrogen-bond acceptors (Lipinski definition) is 4. The predicted octanol–water partition coefficient (Wildman–Crippen LogP) is 6.53. The molecule has 0 aliphatic rings. The predicted molar refractivity (Wildman–Crippen MR) is 129 cm³/mol. The van der Waals surface area contributed by atoms with Crippen molar-refractivity contribution in [1.29, 1.82) is 5.26 Å². The Hall–Kier alpha value is -3.61. The molecule has 3 aromatic carbocycles. The minimum atomic E-state index is -4.68. The summed E-state index contributed by atoms with van der Waals surface area (Å²) in [5.74, 6) is -0.308. The number of aliphatic hydroxyl groups is 1. The van der Waals surface area contributed by atoms with E-state index in [9.17, 15) is 27.9 Å². The van der Waals surface area contributed by atoms with Gasteiger partial charge in [0.05, 0.1) is 28.8 Å². The maximum absolute atomic E-state index is 13.6. The summed E-state index contributed by atoms with van der Waals surface area (Å²) in [6, 6.07) is 14.3. The van der Waals surface area contributed by atoms with E-state index in [1.54, 1.807) is 6.07 Å². The molecule has 0 radical (unpaired) electrons. The van der Waals surface area contributed by atoms with E-state index in [0.717, 1.165) is 23.2 Å². The zero-order chi connectivity index (χ0) is 25.4. The molecule has 0 atom stereocenters. The molecular weight excluding hydrogens is 498 g/mol. The number of nitrogens with one attached hydrogen (secondary N) is 1. The number of halogens is 5. The van der Waals surface area contributed by atoms with Crippen LogP contribution in [0.1, 0.15) is 36.1 Å². The topological polar surface area (TPSA) is 81.9 Å². The van der Waals surface area contributed by atoms with E-state index in [1.807, 2.05) is 38.1 Å². The molecule has 1 aromatic heterocycles. The van der Waals surface area contributed by atoms with Crippen molar-refractivity contribution in [2.45, 2.75) is 32.0 Å².